The Bertz CT molecular complexity index is 2890. The molecule has 98 heavy (non-hydrogen) atoms. The van der Waals surface area contributed by atoms with Crippen molar-refractivity contribution in [2.75, 3.05) is 19.8 Å². The largest absolute Gasteiger partial charge is 0.479 e. The SMILES string of the molecule is CC(=O)O[C@@H]1[C@H](O[C@@H]2O[C@H](CO)[C@@H](O)[C@@H]2O)[C@@H](O[C@@H]2O[C@@H](C)[C@H](O[C@@H]3OC[C@@H](O)[C@H](O)[C@H]3O)[C@@H](O)[C@H]2O)[C@H](OC(=O)[C@]23CCC(C)(C)C[C@H]2C2=CC[C@@H]4[C@@]5(C)CC[C@H](O[C@@H]6O[C@H](C(=O)O)[C@@H](O)[C@H](O)[C@H]6O[C@@H]6O[C@H](CO)[C@H](O)[C@H](O)[C@H]6O)[C@@](C)(C=O)[C@@H]5CC[C@@]4(C)[C@]2(C)CC3)O[C@@H]1C. The van der Waals surface area contributed by atoms with Crippen LogP contribution in [0.2, 0.25) is 0 Å². The van der Waals surface area contributed by atoms with E-state index in [1.807, 2.05) is 0 Å². The summed E-state index contributed by atoms with van der Waals surface area (Å²) in [5, 5.41) is 162. The number of hydrogen-bond acceptors (Lipinski definition) is 31. The summed E-state index contributed by atoms with van der Waals surface area (Å²) in [6, 6.07) is 0. The lowest BCUT2D eigenvalue weighted by Crippen LogP contribution is -2.68. The number of rotatable bonds is 17. The molecule has 37 atom stereocenters. The van der Waals surface area contributed by atoms with Gasteiger partial charge in [0.05, 0.1) is 49.0 Å². The van der Waals surface area contributed by atoms with Crippen LogP contribution in [0.3, 0.4) is 0 Å². The Morgan fingerprint density at radius 1 is 0.541 bits per heavy atom. The van der Waals surface area contributed by atoms with Crippen molar-refractivity contribution >= 4 is 24.2 Å². The van der Waals surface area contributed by atoms with Crippen LogP contribution in [0.5, 0.6) is 0 Å². The van der Waals surface area contributed by atoms with Gasteiger partial charge in [0, 0.05) is 6.92 Å². The van der Waals surface area contributed by atoms with E-state index >= 15 is 4.79 Å². The number of ether oxygens (including phenoxy) is 13. The van der Waals surface area contributed by atoms with Gasteiger partial charge < -0.3 is 143 Å². The Kier molecular flexibility index (Phi) is 22.0. The molecule has 0 radical (unpaired) electrons. The summed E-state index contributed by atoms with van der Waals surface area (Å²) in [4.78, 5) is 55.5. The van der Waals surface area contributed by atoms with Crippen molar-refractivity contribution in [3.8, 4) is 0 Å². The first kappa shape index (κ1) is 76.0. The summed E-state index contributed by atoms with van der Waals surface area (Å²) in [6.07, 6.45) is -41.7. The van der Waals surface area contributed by atoms with E-state index in [1.165, 1.54) is 13.8 Å². The summed E-state index contributed by atoms with van der Waals surface area (Å²) < 4.78 is 79.1. The number of aliphatic carboxylic acids is 1. The highest BCUT2D eigenvalue weighted by atomic mass is 16.8. The molecule has 0 aromatic carbocycles. The summed E-state index contributed by atoms with van der Waals surface area (Å²) in [5.74, 6) is -4.07. The van der Waals surface area contributed by atoms with Crippen molar-refractivity contribution in [2.24, 2.45) is 50.2 Å². The average molecular weight is 1410 g/mol. The smallest absolute Gasteiger partial charge is 0.335 e. The van der Waals surface area contributed by atoms with Crippen LogP contribution in [-0.2, 0) is 80.8 Å². The van der Waals surface area contributed by atoms with Gasteiger partial charge in [-0.1, -0.05) is 53.2 Å². The molecule has 0 amide bonds. The number of carbonyl (C=O) groups excluding carboxylic acids is 3. The topological polar surface area (TPSA) is 492 Å². The number of hydrogen-bond donors (Lipinski definition) is 15. The summed E-state index contributed by atoms with van der Waals surface area (Å²) in [6.45, 7) is 14.8. The number of aldehydes is 1. The van der Waals surface area contributed by atoms with Gasteiger partial charge in [-0.25, -0.2) is 4.79 Å². The van der Waals surface area contributed by atoms with Gasteiger partial charge in [-0.2, -0.15) is 0 Å². The zero-order chi connectivity index (χ0) is 71.6. The summed E-state index contributed by atoms with van der Waals surface area (Å²) in [7, 11) is 0. The zero-order valence-corrected chi connectivity index (χ0v) is 56.5. The highest BCUT2D eigenvalue weighted by Gasteiger charge is 2.71. The van der Waals surface area contributed by atoms with Crippen LogP contribution < -0.4 is 0 Å². The fourth-order valence-electron chi connectivity index (χ4n) is 19.1. The molecule has 15 N–H and O–H groups in total. The van der Waals surface area contributed by atoms with Gasteiger partial charge in [0.1, 0.15) is 110 Å². The molecule has 558 valence electrons. The predicted octanol–water partition coefficient (Wildman–Crippen LogP) is -3.21. The van der Waals surface area contributed by atoms with Crippen LogP contribution in [0.15, 0.2) is 11.6 Å². The van der Waals surface area contributed by atoms with E-state index < -0.39 is 249 Å². The standard InChI is InChI=1S/C66H102O32/c1-25-47(93-54-43(79)36(72)30(71)23-86-54)42(78)46(82)55(87-25)97-52-51(96-56-44(80)38(74)32(22-68)91-56)48(89-27(3)70)26(2)88-59(52)98-60(85)66-18-16-61(4,5)20-29(66)28-10-11-34-62(6)14-13-35(63(7,24-69)33(62)12-15-65(34,9)64(28,8)17-19-66)92-58-50(41(77)40(76)49(94-58)53(83)84)95-57-45(81)39(75)37(73)31(21-67)90-57/h10,24-26,29-52,54-59,67-68,71-82H,11-23H2,1-9H3,(H,83,84)/t25-,26+,29-,30+,31+,32+,33+,34+,35-,36-,37-,38+,39-,40-,41-,42-,43+,44-,45+,46+,47-,48-,49-,50+,51-,52+,54-,55-,56-,57-,58+,59-,62-,63-,64+,65+,66-/m0/s1. The Labute approximate surface area is 566 Å². The van der Waals surface area contributed by atoms with E-state index in [1.54, 1.807) is 6.92 Å². The fourth-order valence-corrected chi connectivity index (χ4v) is 19.1. The summed E-state index contributed by atoms with van der Waals surface area (Å²) >= 11 is 0. The average Bonchev–Trinajstić information content (AvgIpc) is 0.758. The molecule has 0 aromatic heterocycles. The molecule has 10 fully saturated rings. The Balaban J connectivity index is 0.878. The first-order chi connectivity index (χ1) is 46.0. The van der Waals surface area contributed by atoms with Gasteiger partial charge in [-0.3, -0.25) is 9.59 Å². The number of aliphatic hydroxyl groups excluding tert-OH is 14. The van der Waals surface area contributed by atoms with Crippen LogP contribution in [0.1, 0.15) is 127 Å². The van der Waals surface area contributed by atoms with Crippen LogP contribution >= 0.6 is 0 Å². The second kappa shape index (κ2) is 28.4. The molecule has 32 heteroatoms. The number of fused-ring (bicyclic) bond motifs is 7. The minimum atomic E-state index is -2.11. The van der Waals surface area contributed by atoms with Crippen molar-refractivity contribution in [1.82, 2.24) is 0 Å². The monoisotopic (exact) mass is 1410 g/mol. The summed E-state index contributed by atoms with van der Waals surface area (Å²) in [5.41, 5.74) is -3.39. The molecular weight excluding hydrogens is 1300 g/mol. The molecule has 5 aliphatic carbocycles. The molecular formula is C66H102O32. The maximum atomic E-state index is 16.1. The first-order valence-electron chi connectivity index (χ1n) is 34.3. The van der Waals surface area contributed by atoms with Gasteiger partial charge in [-0.15, -0.1) is 0 Å². The minimum Gasteiger partial charge on any atom is -0.479 e. The molecule has 6 aliphatic heterocycles. The number of allylic oxidation sites excluding steroid dienone is 2. The number of aliphatic hydroxyl groups is 14. The first-order valence-corrected chi connectivity index (χ1v) is 34.3. The third kappa shape index (κ3) is 13.0. The number of esters is 2. The van der Waals surface area contributed by atoms with Crippen molar-refractivity contribution < 1.29 is 157 Å². The van der Waals surface area contributed by atoms with Crippen molar-refractivity contribution in [3.05, 3.63) is 11.6 Å². The van der Waals surface area contributed by atoms with E-state index in [-0.39, 0.29) is 23.7 Å². The van der Waals surface area contributed by atoms with E-state index in [0.29, 0.717) is 57.8 Å². The van der Waals surface area contributed by atoms with Gasteiger partial charge in [0.2, 0.25) is 6.29 Å². The van der Waals surface area contributed by atoms with E-state index in [4.69, 9.17) is 61.6 Å². The highest BCUT2D eigenvalue weighted by molar-refractivity contribution is 5.79. The van der Waals surface area contributed by atoms with Crippen LogP contribution in [-0.4, -0.2) is 299 Å². The molecule has 0 bridgehead atoms. The number of carboxylic acid groups (broad SMARTS) is 1. The van der Waals surface area contributed by atoms with Gasteiger partial charge >= 0.3 is 17.9 Å². The predicted molar refractivity (Wildman–Crippen MR) is 324 cm³/mol. The molecule has 6 saturated heterocycles. The lowest BCUT2D eigenvalue weighted by Gasteiger charge is -2.71. The molecule has 32 nitrogen and oxygen atoms in total. The van der Waals surface area contributed by atoms with Crippen LogP contribution in [0.25, 0.3) is 0 Å². The fraction of sp³-hybridized carbons (Fsp3) is 0.909. The van der Waals surface area contributed by atoms with Crippen molar-refractivity contribution in [3.63, 3.8) is 0 Å². The molecule has 11 aliphatic rings. The molecule has 0 spiro atoms. The number of carboxylic acids is 1. The Morgan fingerprint density at radius 3 is 1.72 bits per heavy atom. The van der Waals surface area contributed by atoms with E-state index in [2.05, 4.69) is 40.7 Å². The minimum absolute atomic E-state index is 0.0804. The second-order valence-corrected chi connectivity index (χ2v) is 31.2. The molecule has 0 unspecified atom stereocenters. The third-order valence-electron chi connectivity index (χ3n) is 25.0. The zero-order valence-electron chi connectivity index (χ0n) is 56.5. The van der Waals surface area contributed by atoms with Gasteiger partial charge in [0.15, 0.2) is 49.8 Å². The highest BCUT2D eigenvalue weighted by Crippen LogP contribution is 2.76. The van der Waals surface area contributed by atoms with Crippen LogP contribution in [0, 0.1) is 50.2 Å². The maximum absolute atomic E-state index is 16.1. The molecule has 11 rings (SSSR count). The van der Waals surface area contributed by atoms with Gasteiger partial charge in [0.25, 0.3) is 0 Å². The van der Waals surface area contributed by atoms with E-state index in [9.17, 15) is 91.0 Å². The molecule has 6 heterocycles. The number of carbonyl (C=O) groups is 4. The molecule has 0 aromatic rings. The van der Waals surface area contributed by atoms with Crippen molar-refractivity contribution in [1.29, 1.82) is 0 Å². The van der Waals surface area contributed by atoms with Gasteiger partial charge in [-0.05, 0) is 117 Å². The maximum Gasteiger partial charge on any atom is 0.335 e. The van der Waals surface area contributed by atoms with Crippen molar-refractivity contribution in [2.45, 2.75) is 305 Å². The Hall–Kier alpha value is -3.18. The molecule has 4 saturated carbocycles. The lowest BCUT2D eigenvalue weighted by atomic mass is 9.33. The quantitative estimate of drug-likeness (QED) is 0.0295. The lowest BCUT2D eigenvalue weighted by molar-refractivity contribution is -0.382. The second-order valence-electron chi connectivity index (χ2n) is 31.2. The normalized spacial score (nSPS) is 53.2. The third-order valence-corrected chi connectivity index (χ3v) is 25.0. The van der Waals surface area contributed by atoms with Crippen LogP contribution in [0.4, 0.5) is 0 Å². The Morgan fingerprint density at radius 2 is 1.09 bits per heavy atom. The van der Waals surface area contributed by atoms with E-state index in [0.717, 1.165) is 18.8 Å².